The highest BCUT2D eigenvalue weighted by Crippen LogP contribution is 2.22. The van der Waals surface area contributed by atoms with Crippen molar-refractivity contribution in [1.29, 1.82) is 0 Å². The van der Waals surface area contributed by atoms with Gasteiger partial charge in [0.1, 0.15) is 5.82 Å². The van der Waals surface area contributed by atoms with Gasteiger partial charge in [-0.15, -0.1) is 0 Å². The zero-order valence-electron chi connectivity index (χ0n) is 13.0. The number of nitrogens with zero attached hydrogens (tertiary/aromatic N) is 3. The van der Waals surface area contributed by atoms with Crippen molar-refractivity contribution >= 4 is 17.5 Å². The van der Waals surface area contributed by atoms with Crippen LogP contribution in [0.3, 0.4) is 0 Å². The Labute approximate surface area is 130 Å². The molecule has 0 radical (unpaired) electrons. The molecule has 1 aliphatic heterocycles. The molecule has 6 nitrogen and oxygen atoms in total. The zero-order valence-corrected chi connectivity index (χ0v) is 13.0. The maximum Gasteiger partial charge on any atom is 0.230 e. The van der Waals surface area contributed by atoms with Gasteiger partial charge < -0.3 is 20.3 Å². The average molecular weight is 299 g/mol. The number of benzene rings is 1. The van der Waals surface area contributed by atoms with Gasteiger partial charge in [0.05, 0.1) is 7.11 Å². The molecule has 2 aromatic rings. The first kappa shape index (κ1) is 14.6. The minimum atomic E-state index is 0.568. The van der Waals surface area contributed by atoms with E-state index in [1.165, 1.54) is 5.56 Å². The average Bonchev–Trinajstić information content (AvgIpc) is 2.57. The van der Waals surface area contributed by atoms with Crippen LogP contribution in [0.2, 0.25) is 0 Å². The van der Waals surface area contributed by atoms with Crippen molar-refractivity contribution in [3.8, 4) is 5.88 Å². The third kappa shape index (κ3) is 3.46. The number of hydrogen-bond acceptors (Lipinski definition) is 6. The highest BCUT2D eigenvalue weighted by atomic mass is 16.5. The van der Waals surface area contributed by atoms with Gasteiger partial charge in [-0.3, -0.25) is 0 Å². The number of aromatic nitrogens is 2. The molecule has 1 fully saturated rings. The van der Waals surface area contributed by atoms with Gasteiger partial charge in [-0.2, -0.15) is 9.97 Å². The third-order valence-corrected chi connectivity index (χ3v) is 3.62. The Morgan fingerprint density at radius 2 is 1.86 bits per heavy atom. The Balaban J connectivity index is 1.84. The Morgan fingerprint density at radius 1 is 1.14 bits per heavy atom. The van der Waals surface area contributed by atoms with E-state index in [0.717, 1.165) is 37.7 Å². The summed E-state index contributed by atoms with van der Waals surface area (Å²) < 4.78 is 5.31. The fraction of sp³-hybridized carbons (Fsp3) is 0.375. The minimum Gasteiger partial charge on any atom is -0.481 e. The van der Waals surface area contributed by atoms with E-state index in [1.807, 2.05) is 18.2 Å². The van der Waals surface area contributed by atoms with Gasteiger partial charge in [-0.1, -0.05) is 17.7 Å². The smallest absolute Gasteiger partial charge is 0.230 e. The van der Waals surface area contributed by atoms with Crippen LogP contribution in [-0.2, 0) is 0 Å². The Bertz CT molecular complexity index is 623. The zero-order chi connectivity index (χ0) is 15.4. The summed E-state index contributed by atoms with van der Waals surface area (Å²) in [6.07, 6.45) is 0. The van der Waals surface area contributed by atoms with Crippen LogP contribution in [0.15, 0.2) is 30.3 Å². The predicted octanol–water partition coefficient (Wildman–Crippen LogP) is 1.95. The van der Waals surface area contributed by atoms with Crippen molar-refractivity contribution in [2.24, 2.45) is 0 Å². The fourth-order valence-corrected chi connectivity index (χ4v) is 2.37. The number of piperazine rings is 1. The van der Waals surface area contributed by atoms with Gasteiger partial charge in [0, 0.05) is 37.9 Å². The molecule has 6 heteroatoms. The quantitative estimate of drug-likeness (QED) is 0.900. The van der Waals surface area contributed by atoms with Crippen LogP contribution in [0.25, 0.3) is 0 Å². The molecule has 1 saturated heterocycles. The molecule has 3 rings (SSSR count). The van der Waals surface area contributed by atoms with Gasteiger partial charge in [0.25, 0.3) is 0 Å². The molecule has 0 atom stereocenters. The second kappa shape index (κ2) is 6.62. The van der Waals surface area contributed by atoms with E-state index < -0.39 is 0 Å². The second-order valence-electron chi connectivity index (χ2n) is 5.32. The first-order valence-electron chi connectivity index (χ1n) is 7.47. The van der Waals surface area contributed by atoms with Crippen LogP contribution in [0, 0.1) is 6.92 Å². The maximum atomic E-state index is 5.31. The second-order valence-corrected chi connectivity index (χ2v) is 5.32. The molecule has 1 aliphatic rings. The van der Waals surface area contributed by atoms with E-state index in [4.69, 9.17) is 4.74 Å². The molecule has 0 bridgehead atoms. The summed E-state index contributed by atoms with van der Waals surface area (Å²) in [5.41, 5.74) is 2.23. The predicted molar refractivity (Wildman–Crippen MR) is 88.1 cm³/mol. The van der Waals surface area contributed by atoms with Crippen molar-refractivity contribution in [2.45, 2.75) is 6.92 Å². The van der Waals surface area contributed by atoms with Gasteiger partial charge in [0.2, 0.25) is 11.8 Å². The fourth-order valence-electron chi connectivity index (χ4n) is 2.37. The first-order valence-corrected chi connectivity index (χ1v) is 7.47. The molecule has 0 saturated carbocycles. The van der Waals surface area contributed by atoms with Gasteiger partial charge >= 0.3 is 0 Å². The van der Waals surface area contributed by atoms with E-state index in [1.54, 1.807) is 7.11 Å². The van der Waals surface area contributed by atoms with Gasteiger partial charge in [0.15, 0.2) is 0 Å². The van der Waals surface area contributed by atoms with E-state index in [2.05, 4.69) is 44.6 Å². The molecule has 22 heavy (non-hydrogen) atoms. The molecule has 1 aromatic carbocycles. The number of rotatable bonds is 4. The third-order valence-electron chi connectivity index (χ3n) is 3.62. The monoisotopic (exact) mass is 299 g/mol. The van der Waals surface area contributed by atoms with Crippen molar-refractivity contribution in [1.82, 2.24) is 15.3 Å². The highest BCUT2D eigenvalue weighted by molar-refractivity contribution is 5.59. The standard InChI is InChI=1S/C16H21N5O/c1-12-3-5-13(6-4-12)18-14-11-15(22-2)20-16(19-14)21-9-7-17-8-10-21/h3-6,11,17H,7-10H2,1-2H3,(H,18,19,20). The lowest BCUT2D eigenvalue weighted by atomic mass is 10.2. The lowest BCUT2D eigenvalue weighted by Crippen LogP contribution is -2.44. The Kier molecular flexibility index (Phi) is 4.39. The van der Waals surface area contributed by atoms with Gasteiger partial charge in [-0.25, -0.2) is 0 Å². The van der Waals surface area contributed by atoms with Crippen LogP contribution < -0.4 is 20.3 Å². The molecular weight excluding hydrogens is 278 g/mol. The van der Waals surface area contributed by atoms with Crippen LogP contribution >= 0.6 is 0 Å². The minimum absolute atomic E-state index is 0.568. The van der Waals surface area contributed by atoms with E-state index in [0.29, 0.717) is 11.8 Å². The number of methoxy groups -OCH3 is 1. The molecule has 116 valence electrons. The van der Waals surface area contributed by atoms with Crippen LogP contribution in [0.1, 0.15) is 5.56 Å². The number of nitrogens with one attached hydrogen (secondary N) is 2. The molecule has 0 aliphatic carbocycles. The van der Waals surface area contributed by atoms with E-state index in [9.17, 15) is 0 Å². The molecule has 0 amide bonds. The van der Waals surface area contributed by atoms with Gasteiger partial charge in [-0.05, 0) is 19.1 Å². The summed E-state index contributed by atoms with van der Waals surface area (Å²) >= 11 is 0. The highest BCUT2D eigenvalue weighted by Gasteiger charge is 2.15. The molecule has 0 spiro atoms. The summed E-state index contributed by atoms with van der Waals surface area (Å²) in [5.74, 6) is 2.01. The Morgan fingerprint density at radius 3 is 2.55 bits per heavy atom. The summed E-state index contributed by atoms with van der Waals surface area (Å²) in [5, 5.41) is 6.64. The van der Waals surface area contributed by atoms with E-state index in [-0.39, 0.29) is 0 Å². The summed E-state index contributed by atoms with van der Waals surface area (Å²) in [6.45, 7) is 5.76. The SMILES string of the molecule is COc1cc(Nc2ccc(C)cc2)nc(N2CCNCC2)n1. The van der Waals surface area contributed by atoms with Crippen molar-refractivity contribution < 1.29 is 4.74 Å². The lowest BCUT2D eigenvalue weighted by molar-refractivity contribution is 0.396. The maximum absolute atomic E-state index is 5.31. The lowest BCUT2D eigenvalue weighted by Gasteiger charge is -2.27. The molecule has 2 heterocycles. The molecular formula is C16H21N5O. The number of anilines is 3. The van der Waals surface area contributed by atoms with Crippen molar-refractivity contribution in [3.05, 3.63) is 35.9 Å². The van der Waals surface area contributed by atoms with Crippen molar-refractivity contribution in [2.75, 3.05) is 43.5 Å². The van der Waals surface area contributed by atoms with Crippen LogP contribution in [0.5, 0.6) is 5.88 Å². The number of ether oxygens (including phenoxy) is 1. The molecule has 2 N–H and O–H groups in total. The number of aryl methyl sites for hydroxylation is 1. The van der Waals surface area contributed by atoms with E-state index >= 15 is 0 Å². The summed E-state index contributed by atoms with van der Waals surface area (Å²) in [7, 11) is 1.62. The Hall–Kier alpha value is -2.34. The van der Waals surface area contributed by atoms with Crippen LogP contribution in [0.4, 0.5) is 17.5 Å². The summed E-state index contributed by atoms with van der Waals surface area (Å²) in [6, 6.07) is 10.0. The largest absolute Gasteiger partial charge is 0.481 e. The summed E-state index contributed by atoms with van der Waals surface area (Å²) in [4.78, 5) is 11.2. The normalized spacial score (nSPS) is 14.7. The van der Waals surface area contributed by atoms with Crippen molar-refractivity contribution in [3.63, 3.8) is 0 Å². The number of hydrogen-bond donors (Lipinski definition) is 2. The topological polar surface area (TPSA) is 62.3 Å². The van der Waals surface area contributed by atoms with Crippen LogP contribution in [-0.4, -0.2) is 43.3 Å². The first-order chi connectivity index (χ1) is 10.7. The molecule has 0 unspecified atom stereocenters. The molecule has 1 aromatic heterocycles.